The van der Waals surface area contributed by atoms with E-state index < -0.39 is 0 Å². The van der Waals surface area contributed by atoms with Gasteiger partial charge in [0.1, 0.15) is 0 Å². The smallest absolute Gasteiger partial charge is 0.191 e. The third kappa shape index (κ3) is 5.11. The summed E-state index contributed by atoms with van der Waals surface area (Å²) in [4.78, 5) is 7.23. The van der Waals surface area contributed by atoms with Crippen LogP contribution in [0.3, 0.4) is 0 Å². The molecule has 0 amide bonds. The van der Waals surface area contributed by atoms with Crippen molar-refractivity contribution in [3.63, 3.8) is 0 Å². The summed E-state index contributed by atoms with van der Waals surface area (Å²) in [5, 5.41) is 7.41. The zero-order chi connectivity index (χ0) is 16.7. The topological polar surface area (TPSA) is 39.7 Å². The average Bonchev–Trinajstić information content (AvgIpc) is 2.53. The third-order valence-corrected chi connectivity index (χ3v) is 4.60. The first-order valence-corrected chi connectivity index (χ1v) is 9.01. The molecule has 0 aromatic heterocycles. The molecule has 128 valence electrons. The molecule has 1 fully saturated rings. The fourth-order valence-electron chi connectivity index (χ4n) is 3.39. The third-order valence-electron chi connectivity index (χ3n) is 4.37. The molecule has 1 aromatic carbocycles. The number of guanidine groups is 1. The average molecular weight is 337 g/mol. The van der Waals surface area contributed by atoms with Crippen molar-refractivity contribution in [2.75, 3.05) is 33.2 Å². The number of nitrogens with one attached hydrogen (secondary N) is 2. The molecule has 0 bridgehead atoms. The maximum absolute atomic E-state index is 6.20. The van der Waals surface area contributed by atoms with Crippen LogP contribution in [0.4, 0.5) is 0 Å². The minimum absolute atomic E-state index is 0.385. The second-order valence-corrected chi connectivity index (χ2v) is 6.57. The van der Waals surface area contributed by atoms with Crippen LogP contribution >= 0.6 is 11.6 Å². The van der Waals surface area contributed by atoms with E-state index in [9.17, 15) is 0 Å². The Bertz CT molecular complexity index is 509. The zero-order valence-electron chi connectivity index (χ0n) is 14.5. The Morgan fingerprint density at radius 2 is 2.04 bits per heavy atom. The van der Waals surface area contributed by atoms with Crippen LogP contribution in [0.2, 0.25) is 5.02 Å². The van der Waals surface area contributed by atoms with Crippen molar-refractivity contribution >= 4 is 17.6 Å². The van der Waals surface area contributed by atoms with Crippen LogP contribution in [-0.2, 0) is 0 Å². The number of aliphatic imine (C=N–C) groups is 1. The largest absolute Gasteiger partial charge is 0.357 e. The molecular formula is C18H29ClN4. The summed E-state index contributed by atoms with van der Waals surface area (Å²) in [5.41, 5.74) is 1.30. The van der Waals surface area contributed by atoms with Gasteiger partial charge < -0.3 is 10.6 Å². The second kappa shape index (κ2) is 9.14. The van der Waals surface area contributed by atoms with Gasteiger partial charge in [0.15, 0.2) is 5.96 Å². The van der Waals surface area contributed by atoms with Gasteiger partial charge in [0, 0.05) is 30.7 Å². The van der Waals surface area contributed by atoms with Crippen LogP contribution in [0.5, 0.6) is 0 Å². The molecule has 1 aliphatic heterocycles. The van der Waals surface area contributed by atoms with Gasteiger partial charge in [-0.2, -0.15) is 0 Å². The van der Waals surface area contributed by atoms with Gasteiger partial charge in [0.05, 0.1) is 0 Å². The lowest BCUT2D eigenvalue weighted by Gasteiger charge is -2.39. The van der Waals surface area contributed by atoms with E-state index in [-0.39, 0.29) is 0 Å². The fraction of sp³-hybridized carbons (Fsp3) is 0.611. The monoisotopic (exact) mass is 336 g/mol. The molecule has 4 nitrogen and oxygen atoms in total. The molecule has 1 heterocycles. The molecule has 2 unspecified atom stereocenters. The standard InChI is InChI=1S/C18H29ClN4/c1-4-20-18(21-5-2)22-13-15-9-7-11-23(3)17(15)14-8-6-10-16(19)12-14/h6,8,10,12,15,17H,4-5,7,9,11,13H2,1-3H3,(H2,20,21,22). The number of hydrogen-bond acceptors (Lipinski definition) is 2. The Kier molecular flexibility index (Phi) is 7.18. The van der Waals surface area contributed by atoms with Crippen LogP contribution in [0, 0.1) is 5.92 Å². The SMILES string of the molecule is CCNC(=NCC1CCCN(C)C1c1cccc(Cl)c1)NCC. The number of rotatable bonds is 5. The molecule has 2 rings (SSSR count). The van der Waals surface area contributed by atoms with E-state index >= 15 is 0 Å². The molecule has 1 aromatic rings. The molecule has 5 heteroatoms. The Morgan fingerprint density at radius 3 is 2.70 bits per heavy atom. The quantitative estimate of drug-likeness (QED) is 0.640. The molecule has 23 heavy (non-hydrogen) atoms. The summed E-state index contributed by atoms with van der Waals surface area (Å²) >= 11 is 6.20. The van der Waals surface area contributed by atoms with Crippen molar-refractivity contribution in [3.05, 3.63) is 34.9 Å². The van der Waals surface area contributed by atoms with Crippen molar-refractivity contribution in [3.8, 4) is 0 Å². The number of benzene rings is 1. The van der Waals surface area contributed by atoms with E-state index in [4.69, 9.17) is 16.6 Å². The number of nitrogens with zero attached hydrogens (tertiary/aromatic N) is 2. The highest BCUT2D eigenvalue weighted by molar-refractivity contribution is 6.30. The van der Waals surface area contributed by atoms with Gasteiger partial charge in [-0.15, -0.1) is 0 Å². The van der Waals surface area contributed by atoms with Crippen LogP contribution in [0.25, 0.3) is 0 Å². The Labute approximate surface area is 145 Å². The number of hydrogen-bond donors (Lipinski definition) is 2. The van der Waals surface area contributed by atoms with Gasteiger partial charge in [-0.3, -0.25) is 9.89 Å². The van der Waals surface area contributed by atoms with Crippen LogP contribution in [-0.4, -0.2) is 44.1 Å². The van der Waals surface area contributed by atoms with Gasteiger partial charge in [0.25, 0.3) is 0 Å². The summed E-state index contributed by atoms with van der Waals surface area (Å²) in [6.45, 7) is 7.91. The highest BCUT2D eigenvalue weighted by Gasteiger charge is 2.30. The van der Waals surface area contributed by atoms with Gasteiger partial charge in [-0.05, 0) is 63.9 Å². The first-order valence-electron chi connectivity index (χ1n) is 8.63. The lowest BCUT2D eigenvalue weighted by molar-refractivity contribution is 0.125. The van der Waals surface area contributed by atoms with Crippen molar-refractivity contribution < 1.29 is 0 Å². The van der Waals surface area contributed by atoms with E-state index in [0.717, 1.165) is 37.2 Å². The Morgan fingerprint density at radius 1 is 1.30 bits per heavy atom. The van der Waals surface area contributed by atoms with Gasteiger partial charge in [-0.1, -0.05) is 23.7 Å². The summed E-state index contributed by atoms with van der Waals surface area (Å²) in [6.07, 6.45) is 2.43. The normalized spacial score (nSPS) is 21.7. The molecule has 0 aliphatic carbocycles. The first-order chi connectivity index (χ1) is 11.2. The van der Waals surface area contributed by atoms with Crippen molar-refractivity contribution in [2.24, 2.45) is 10.9 Å². The van der Waals surface area contributed by atoms with E-state index in [1.165, 1.54) is 18.4 Å². The molecule has 0 radical (unpaired) electrons. The van der Waals surface area contributed by atoms with E-state index in [0.29, 0.717) is 12.0 Å². The summed E-state index contributed by atoms with van der Waals surface area (Å²) in [6, 6.07) is 8.65. The summed E-state index contributed by atoms with van der Waals surface area (Å²) < 4.78 is 0. The van der Waals surface area contributed by atoms with Crippen molar-refractivity contribution in [1.29, 1.82) is 0 Å². The molecule has 1 saturated heterocycles. The maximum atomic E-state index is 6.20. The van der Waals surface area contributed by atoms with Gasteiger partial charge in [-0.25, -0.2) is 0 Å². The number of likely N-dealkylation sites (tertiary alicyclic amines) is 1. The van der Waals surface area contributed by atoms with Crippen LogP contribution in [0.15, 0.2) is 29.3 Å². The van der Waals surface area contributed by atoms with E-state index in [1.54, 1.807) is 0 Å². The predicted molar refractivity (Wildman–Crippen MR) is 99.2 cm³/mol. The molecule has 0 saturated carbocycles. The molecule has 2 atom stereocenters. The Balaban J connectivity index is 2.15. The second-order valence-electron chi connectivity index (χ2n) is 6.13. The van der Waals surface area contributed by atoms with E-state index in [2.05, 4.69) is 48.6 Å². The number of halogens is 1. The number of piperidine rings is 1. The summed E-state index contributed by atoms with van der Waals surface area (Å²) in [5.74, 6) is 1.42. The van der Waals surface area contributed by atoms with Crippen LogP contribution < -0.4 is 10.6 Å². The minimum atomic E-state index is 0.385. The van der Waals surface area contributed by atoms with Crippen molar-refractivity contribution in [2.45, 2.75) is 32.7 Å². The predicted octanol–water partition coefficient (Wildman–Crippen LogP) is 3.30. The van der Waals surface area contributed by atoms with Crippen molar-refractivity contribution in [1.82, 2.24) is 15.5 Å². The lowest BCUT2D eigenvalue weighted by Crippen LogP contribution is -2.40. The lowest BCUT2D eigenvalue weighted by atomic mass is 9.85. The van der Waals surface area contributed by atoms with E-state index in [1.807, 2.05) is 12.1 Å². The summed E-state index contributed by atoms with van der Waals surface area (Å²) in [7, 11) is 2.21. The van der Waals surface area contributed by atoms with Crippen LogP contribution in [0.1, 0.15) is 38.3 Å². The maximum Gasteiger partial charge on any atom is 0.191 e. The zero-order valence-corrected chi connectivity index (χ0v) is 15.2. The fourth-order valence-corrected chi connectivity index (χ4v) is 3.58. The minimum Gasteiger partial charge on any atom is -0.357 e. The molecule has 2 N–H and O–H groups in total. The molecular weight excluding hydrogens is 308 g/mol. The molecule has 0 spiro atoms. The van der Waals surface area contributed by atoms with Gasteiger partial charge >= 0.3 is 0 Å². The molecule has 1 aliphatic rings. The first kappa shape index (κ1) is 18.1. The highest BCUT2D eigenvalue weighted by atomic mass is 35.5. The highest BCUT2D eigenvalue weighted by Crippen LogP contribution is 2.36. The Hall–Kier alpha value is -1.26. The van der Waals surface area contributed by atoms with Gasteiger partial charge in [0.2, 0.25) is 0 Å².